The molecule has 40 heavy (non-hydrogen) atoms. The number of amides is 2. The molecule has 0 aromatic heterocycles. The first-order valence-electron chi connectivity index (χ1n) is 12.3. The molecule has 1 aliphatic heterocycles. The van der Waals surface area contributed by atoms with Gasteiger partial charge in [0.1, 0.15) is 4.32 Å². The summed E-state index contributed by atoms with van der Waals surface area (Å²) in [7, 11) is 0. The van der Waals surface area contributed by atoms with E-state index in [0.29, 0.717) is 27.1 Å². The van der Waals surface area contributed by atoms with E-state index in [9.17, 15) is 22.8 Å². The fourth-order valence-corrected chi connectivity index (χ4v) is 5.44. The summed E-state index contributed by atoms with van der Waals surface area (Å²) < 4.78 is 51.3. The molecule has 0 bridgehead atoms. The van der Waals surface area contributed by atoms with Gasteiger partial charge in [0.15, 0.2) is 18.1 Å². The number of carbonyl (C=O) groups excluding carboxylic acids is 2. The van der Waals surface area contributed by atoms with Gasteiger partial charge in [0, 0.05) is 0 Å². The van der Waals surface area contributed by atoms with Crippen LogP contribution in [0.2, 0.25) is 0 Å². The molecule has 208 valence electrons. The lowest BCUT2D eigenvalue weighted by atomic mass is 10.1. The molecule has 1 heterocycles. The number of thiocarbonyl (C=S) groups is 1. The van der Waals surface area contributed by atoms with Crippen molar-refractivity contribution in [3.8, 4) is 11.5 Å². The van der Waals surface area contributed by atoms with E-state index < -0.39 is 24.3 Å². The molecule has 11 heteroatoms. The monoisotopic (exact) mass is 586 g/mol. The molecule has 1 N–H and O–H groups in total. The van der Waals surface area contributed by atoms with Crippen LogP contribution in [0.4, 0.5) is 18.9 Å². The van der Waals surface area contributed by atoms with Gasteiger partial charge in [-0.05, 0) is 55.3 Å². The summed E-state index contributed by atoms with van der Waals surface area (Å²) in [4.78, 5) is 27.6. The Labute approximate surface area is 239 Å². The number of hydrogen-bond acceptors (Lipinski definition) is 6. The molecule has 0 spiro atoms. The highest BCUT2D eigenvalue weighted by molar-refractivity contribution is 8.26. The summed E-state index contributed by atoms with van der Waals surface area (Å²) in [6, 6.07) is 19.0. The van der Waals surface area contributed by atoms with Gasteiger partial charge in [0.25, 0.3) is 11.8 Å². The lowest BCUT2D eigenvalue weighted by molar-refractivity contribution is -0.137. The van der Waals surface area contributed by atoms with Gasteiger partial charge in [0.05, 0.1) is 28.8 Å². The number of nitrogens with one attached hydrogen (secondary N) is 1. The van der Waals surface area contributed by atoms with Crippen molar-refractivity contribution in [1.82, 2.24) is 4.90 Å². The fourth-order valence-electron chi connectivity index (χ4n) is 4.02. The zero-order valence-electron chi connectivity index (χ0n) is 21.5. The molecule has 4 rings (SSSR count). The van der Waals surface area contributed by atoms with Crippen molar-refractivity contribution in [3.63, 3.8) is 0 Å². The average molecular weight is 587 g/mol. The summed E-state index contributed by atoms with van der Waals surface area (Å²) in [5, 5.41) is 2.24. The molecule has 3 aromatic rings. The van der Waals surface area contributed by atoms with E-state index in [1.54, 1.807) is 36.1 Å². The van der Waals surface area contributed by atoms with Crippen LogP contribution >= 0.6 is 24.0 Å². The second-order valence-corrected chi connectivity index (χ2v) is 10.3. The molecule has 2 amide bonds. The Balaban J connectivity index is 1.47. The van der Waals surface area contributed by atoms with Gasteiger partial charge in [-0.25, -0.2) is 0 Å². The van der Waals surface area contributed by atoms with Gasteiger partial charge in [-0.3, -0.25) is 14.5 Å². The zero-order valence-corrected chi connectivity index (χ0v) is 23.2. The highest BCUT2D eigenvalue weighted by Gasteiger charge is 2.36. The molecule has 0 unspecified atom stereocenters. The minimum absolute atomic E-state index is 0.208. The molecule has 3 aromatic carbocycles. The van der Waals surface area contributed by atoms with Crippen molar-refractivity contribution < 1.29 is 32.2 Å². The Hall–Kier alpha value is -3.83. The maximum atomic E-state index is 13.2. The van der Waals surface area contributed by atoms with Crippen LogP contribution in [-0.2, 0) is 15.8 Å². The topological polar surface area (TPSA) is 67.9 Å². The molecule has 1 atom stereocenters. The van der Waals surface area contributed by atoms with Crippen LogP contribution in [0, 0.1) is 0 Å². The molecular weight excluding hydrogens is 561 g/mol. The van der Waals surface area contributed by atoms with Crippen LogP contribution in [-0.4, -0.2) is 34.2 Å². The third kappa shape index (κ3) is 6.83. The number of anilines is 1. The number of alkyl halides is 3. The summed E-state index contributed by atoms with van der Waals surface area (Å²) in [5.41, 5.74) is 0.299. The normalized spacial score (nSPS) is 15.3. The molecule has 0 aliphatic carbocycles. The van der Waals surface area contributed by atoms with Crippen molar-refractivity contribution in [2.75, 3.05) is 18.5 Å². The quantitative estimate of drug-likeness (QED) is 0.213. The number of benzene rings is 3. The Bertz CT molecular complexity index is 1440. The number of rotatable bonds is 9. The van der Waals surface area contributed by atoms with Crippen LogP contribution in [0.3, 0.4) is 0 Å². The predicted molar refractivity (Wildman–Crippen MR) is 153 cm³/mol. The SMILES string of the molecule is CCOc1cc(/C=C2\SC(=S)N([C@H](C)c3ccccc3)C2=O)ccc1OCC(=O)Nc1ccccc1C(F)(F)F. The van der Waals surface area contributed by atoms with Crippen molar-refractivity contribution in [3.05, 3.63) is 94.4 Å². The average Bonchev–Trinajstić information content (AvgIpc) is 3.20. The Kier molecular flexibility index (Phi) is 9.16. The zero-order chi connectivity index (χ0) is 28.9. The molecule has 0 saturated carbocycles. The lowest BCUT2D eigenvalue weighted by Crippen LogP contribution is -2.30. The van der Waals surface area contributed by atoms with Gasteiger partial charge >= 0.3 is 6.18 Å². The maximum Gasteiger partial charge on any atom is 0.418 e. The first-order chi connectivity index (χ1) is 19.1. The smallest absolute Gasteiger partial charge is 0.418 e. The molecular formula is C29H25F3N2O4S2. The van der Waals surface area contributed by atoms with Crippen LogP contribution in [0.1, 0.15) is 36.6 Å². The summed E-state index contributed by atoms with van der Waals surface area (Å²) in [6.45, 7) is 3.44. The van der Waals surface area contributed by atoms with Crippen molar-refractivity contribution in [1.29, 1.82) is 0 Å². The summed E-state index contributed by atoms with van der Waals surface area (Å²) in [5.74, 6) is -0.434. The van der Waals surface area contributed by atoms with E-state index in [2.05, 4.69) is 5.32 Å². The number of carbonyl (C=O) groups is 2. The van der Waals surface area contributed by atoms with Crippen molar-refractivity contribution in [2.45, 2.75) is 26.1 Å². The number of thioether (sulfide) groups is 1. The summed E-state index contributed by atoms with van der Waals surface area (Å²) in [6.07, 6.45) is -2.92. The first-order valence-corrected chi connectivity index (χ1v) is 13.5. The Morgan fingerprint density at radius 2 is 1.75 bits per heavy atom. The molecule has 1 saturated heterocycles. The second-order valence-electron chi connectivity index (χ2n) is 8.66. The summed E-state index contributed by atoms with van der Waals surface area (Å²) >= 11 is 6.70. The second kappa shape index (κ2) is 12.6. The maximum absolute atomic E-state index is 13.2. The van der Waals surface area contributed by atoms with Crippen LogP contribution in [0.5, 0.6) is 11.5 Å². The van der Waals surface area contributed by atoms with Gasteiger partial charge < -0.3 is 14.8 Å². The van der Waals surface area contributed by atoms with E-state index in [1.165, 1.54) is 30.0 Å². The van der Waals surface area contributed by atoms with E-state index in [4.69, 9.17) is 21.7 Å². The van der Waals surface area contributed by atoms with Gasteiger partial charge in [0.2, 0.25) is 0 Å². The Morgan fingerprint density at radius 1 is 1.05 bits per heavy atom. The molecule has 1 fully saturated rings. The van der Waals surface area contributed by atoms with E-state index in [0.717, 1.165) is 11.6 Å². The molecule has 1 aliphatic rings. The van der Waals surface area contributed by atoms with E-state index in [1.807, 2.05) is 37.3 Å². The van der Waals surface area contributed by atoms with Gasteiger partial charge in [-0.15, -0.1) is 0 Å². The highest BCUT2D eigenvalue weighted by atomic mass is 32.2. The molecule has 6 nitrogen and oxygen atoms in total. The van der Waals surface area contributed by atoms with E-state index in [-0.39, 0.29) is 23.4 Å². The largest absolute Gasteiger partial charge is 0.490 e. The van der Waals surface area contributed by atoms with Crippen LogP contribution in [0.25, 0.3) is 6.08 Å². The molecule has 0 radical (unpaired) electrons. The van der Waals surface area contributed by atoms with Crippen LogP contribution in [0.15, 0.2) is 77.7 Å². The fraction of sp³-hybridized carbons (Fsp3) is 0.207. The number of ether oxygens (including phenoxy) is 2. The first kappa shape index (κ1) is 29.2. The number of halogens is 3. The van der Waals surface area contributed by atoms with Gasteiger partial charge in [-0.2, -0.15) is 13.2 Å². The third-order valence-electron chi connectivity index (χ3n) is 5.92. The lowest BCUT2D eigenvalue weighted by Gasteiger charge is -2.23. The predicted octanol–water partition coefficient (Wildman–Crippen LogP) is 7.08. The van der Waals surface area contributed by atoms with E-state index >= 15 is 0 Å². The number of para-hydroxylation sites is 1. The van der Waals surface area contributed by atoms with Gasteiger partial charge in [-0.1, -0.05) is 72.5 Å². The minimum Gasteiger partial charge on any atom is -0.490 e. The Morgan fingerprint density at radius 3 is 2.45 bits per heavy atom. The van der Waals surface area contributed by atoms with Crippen molar-refractivity contribution >= 4 is 51.9 Å². The van der Waals surface area contributed by atoms with Crippen molar-refractivity contribution in [2.24, 2.45) is 0 Å². The number of nitrogens with zero attached hydrogens (tertiary/aromatic N) is 1. The highest BCUT2D eigenvalue weighted by Crippen LogP contribution is 2.39. The number of hydrogen-bond donors (Lipinski definition) is 1. The third-order valence-corrected chi connectivity index (χ3v) is 7.25. The standard InChI is InChI=1S/C29H25F3N2O4S2/c1-3-37-24-15-19(16-25-27(36)34(28(39)40-25)18(2)20-9-5-4-6-10-20)13-14-23(24)38-17-26(35)33-22-12-8-7-11-21(22)29(30,31)32/h4-16,18H,3,17H2,1-2H3,(H,33,35)/b25-16-/t18-/m1/s1. The van der Waals surface area contributed by atoms with Crippen LogP contribution < -0.4 is 14.8 Å². The minimum atomic E-state index is -4.61.